The molecular formula is C16H18N2OS2. The third-order valence-electron chi connectivity index (χ3n) is 3.64. The lowest BCUT2D eigenvalue weighted by Gasteiger charge is -2.32. The van der Waals surface area contributed by atoms with Gasteiger partial charge in [0.15, 0.2) is 0 Å². The van der Waals surface area contributed by atoms with Crippen molar-refractivity contribution < 1.29 is 4.79 Å². The summed E-state index contributed by atoms with van der Waals surface area (Å²) >= 11 is 3.37. The van der Waals surface area contributed by atoms with Gasteiger partial charge in [-0.3, -0.25) is 10.1 Å². The Labute approximate surface area is 132 Å². The first-order chi connectivity index (χ1) is 10.2. The van der Waals surface area contributed by atoms with Crippen LogP contribution in [0.15, 0.2) is 52.1 Å². The lowest BCUT2D eigenvalue weighted by Crippen LogP contribution is -2.55. The van der Waals surface area contributed by atoms with Crippen LogP contribution in [0.2, 0.25) is 0 Å². The molecule has 1 amide bonds. The van der Waals surface area contributed by atoms with Crippen molar-refractivity contribution in [2.75, 3.05) is 5.75 Å². The average molecular weight is 318 g/mol. The molecule has 1 heterocycles. The zero-order valence-corrected chi connectivity index (χ0v) is 13.3. The number of benzene rings is 1. The van der Waals surface area contributed by atoms with Gasteiger partial charge in [0, 0.05) is 11.8 Å². The van der Waals surface area contributed by atoms with Gasteiger partial charge >= 0.3 is 0 Å². The Kier molecular flexibility index (Phi) is 4.33. The maximum atomic E-state index is 12.3. The number of nitrogens with one attached hydrogen (secondary N) is 1. The van der Waals surface area contributed by atoms with Crippen molar-refractivity contribution in [3.05, 3.63) is 53.4 Å². The highest BCUT2D eigenvalue weighted by atomic mass is 32.2. The molecule has 21 heavy (non-hydrogen) atoms. The van der Waals surface area contributed by atoms with Gasteiger partial charge in [-0.25, -0.2) is 0 Å². The van der Waals surface area contributed by atoms with E-state index in [4.69, 9.17) is 5.73 Å². The van der Waals surface area contributed by atoms with E-state index < -0.39 is 5.54 Å². The monoisotopic (exact) mass is 318 g/mol. The summed E-state index contributed by atoms with van der Waals surface area (Å²) in [6, 6.07) is 14.3. The molecule has 0 bridgehead atoms. The summed E-state index contributed by atoms with van der Waals surface area (Å²) in [5, 5.41) is 5.54. The number of amides is 1. The van der Waals surface area contributed by atoms with Crippen LogP contribution in [0.1, 0.15) is 18.4 Å². The van der Waals surface area contributed by atoms with Gasteiger partial charge in [0.05, 0.1) is 4.21 Å². The van der Waals surface area contributed by atoms with Crippen molar-refractivity contribution >= 4 is 29.0 Å². The number of thioether (sulfide) groups is 1. The van der Waals surface area contributed by atoms with Crippen LogP contribution in [0.3, 0.4) is 0 Å². The second-order valence-corrected chi connectivity index (χ2v) is 7.50. The lowest BCUT2D eigenvalue weighted by molar-refractivity contribution is -0.124. The van der Waals surface area contributed by atoms with Crippen molar-refractivity contribution in [3.63, 3.8) is 0 Å². The summed E-state index contributed by atoms with van der Waals surface area (Å²) in [6.07, 6.45) is 2.23. The highest BCUT2D eigenvalue weighted by Gasteiger charge is 2.42. The fourth-order valence-corrected chi connectivity index (χ4v) is 4.31. The van der Waals surface area contributed by atoms with Gasteiger partial charge in [0.1, 0.15) is 5.54 Å². The molecule has 0 radical (unpaired) electrons. The third kappa shape index (κ3) is 3.31. The number of hydrogen-bond acceptors (Lipinski definition) is 4. The number of carbonyl (C=O) groups excluding carboxylic acids is 1. The fraction of sp³-hybridized carbons (Fsp3) is 0.312. The minimum absolute atomic E-state index is 0.301. The first-order valence-electron chi connectivity index (χ1n) is 7.00. The van der Waals surface area contributed by atoms with E-state index in [2.05, 4.69) is 11.4 Å². The molecule has 1 fully saturated rings. The molecule has 1 aliphatic rings. The Balaban J connectivity index is 1.89. The second-order valence-electron chi connectivity index (χ2n) is 5.27. The standard InChI is InChI=1S/C16H18N2OS2/c17-15(19)16(18-13-8-9-13,12-5-2-1-3-6-12)11-21-14-7-4-10-20-14/h1-7,10,13,18H,8-9,11H2,(H2,17,19). The number of primary amides is 1. The van der Waals surface area contributed by atoms with Gasteiger partial charge < -0.3 is 5.73 Å². The predicted molar refractivity (Wildman–Crippen MR) is 88.5 cm³/mol. The van der Waals surface area contributed by atoms with E-state index in [0.717, 1.165) is 18.4 Å². The van der Waals surface area contributed by atoms with Crippen molar-refractivity contribution in [1.82, 2.24) is 5.32 Å². The van der Waals surface area contributed by atoms with Crippen molar-refractivity contribution in [2.45, 2.75) is 28.6 Å². The fourth-order valence-electron chi connectivity index (χ4n) is 2.32. The molecule has 0 spiro atoms. The molecule has 1 aromatic heterocycles. The Hall–Kier alpha value is -1.30. The number of rotatable bonds is 7. The van der Waals surface area contributed by atoms with E-state index in [9.17, 15) is 4.79 Å². The second kappa shape index (κ2) is 6.22. The molecule has 1 aromatic carbocycles. The topological polar surface area (TPSA) is 55.1 Å². The maximum absolute atomic E-state index is 12.3. The third-order valence-corrected chi connectivity index (χ3v) is 5.94. The molecule has 0 saturated heterocycles. The zero-order valence-electron chi connectivity index (χ0n) is 11.6. The SMILES string of the molecule is NC(=O)C(CSc1cccs1)(NC1CC1)c1ccccc1. The Bertz CT molecular complexity index is 596. The maximum Gasteiger partial charge on any atom is 0.243 e. The van der Waals surface area contributed by atoms with Crippen molar-refractivity contribution in [2.24, 2.45) is 5.73 Å². The Morgan fingerprint density at radius 1 is 1.29 bits per heavy atom. The molecule has 1 aliphatic carbocycles. The normalized spacial score (nSPS) is 17.3. The van der Waals surface area contributed by atoms with Gasteiger partial charge in [0.2, 0.25) is 5.91 Å². The molecule has 5 heteroatoms. The molecule has 1 saturated carbocycles. The van der Waals surface area contributed by atoms with Gasteiger partial charge in [-0.05, 0) is 29.9 Å². The first kappa shape index (κ1) is 14.6. The van der Waals surface area contributed by atoms with Crippen LogP contribution in [-0.4, -0.2) is 17.7 Å². The number of carbonyl (C=O) groups is 1. The summed E-state index contributed by atoms with van der Waals surface area (Å²) in [5.74, 6) is 0.313. The minimum atomic E-state index is -0.795. The van der Waals surface area contributed by atoms with Gasteiger partial charge in [-0.1, -0.05) is 36.4 Å². The van der Waals surface area contributed by atoms with Crippen LogP contribution in [0, 0.1) is 0 Å². The van der Waals surface area contributed by atoms with E-state index in [0.29, 0.717) is 11.8 Å². The van der Waals surface area contributed by atoms with Crippen LogP contribution < -0.4 is 11.1 Å². The summed E-state index contributed by atoms with van der Waals surface area (Å²) in [5.41, 5.74) is 5.97. The summed E-state index contributed by atoms with van der Waals surface area (Å²) in [6.45, 7) is 0. The minimum Gasteiger partial charge on any atom is -0.368 e. The van der Waals surface area contributed by atoms with E-state index in [-0.39, 0.29) is 5.91 Å². The molecule has 3 N–H and O–H groups in total. The quantitative estimate of drug-likeness (QED) is 0.772. The molecule has 0 aliphatic heterocycles. The van der Waals surface area contributed by atoms with Crippen LogP contribution in [0.25, 0.3) is 0 Å². The van der Waals surface area contributed by atoms with E-state index >= 15 is 0 Å². The Morgan fingerprint density at radius 3 is 2.62 bits per heavy atom. The van der Waals surface area contributed by atoms with E-state index in [1.807, 2.05) is 41.8 Å². The molecule has 3 rings (SSSR count). The summed E-state index contributed by atoms with van der Waals surface area (Å²) < 4.78 is 1.20. The Morgan fingerprint density at radius 2 is 2.05 bits per heavy atom. The predicted octanol–water partition coefficient (Wildman–Crippen LogP) is 2.97. The van der Waals surface area contributed by atoms with Gasteiger partial charge in [0.25, 0.3) is 0 Å². The summed E-state index contributed by atoms with van der Waals surface area (Å²) in [7, 11) is 0. The van der Waals surface area contributed by atoms with E-state index in [1.165, 1.54) is 4.21 Å². The molecule has 2 aromatic rings. The van der Waals surface area contributed by atoms with Crippen LogP contribution in [0.4, 0.5) is 0 Å². The number of nitrogens with two attached hydrogens (primary N) is 1. The molecular weight excluding hydrogens is 300 g/mol. The smallest absolute Gasteiger partial charge is 0.243 e. The zero-order chi connectivity index (χ0) is 14.7. The average Bonchev–Trinajstić information content (AvgIpc) is 3.16. The molecule has 3 nitrogen and oxygen atoms in total. The van der Waals surface area contributed by atoms with Crippen molar-refractivity contribution in [3.8, 4) is 0 Å². The van der Waals surface area contributed by atoms with Gasteiger partial charge in [-0.2, -0.15) is 0 Å². The number of hydrogen-bond donors (Lipinski definition) is 2. The number of thiophene rings is 1. The van der Waals surface area contributed by atoms with E-state index in [1.54, 1.807) is 23.1 Å². The van der Waals surface area contributed by atoms with Crippen LogP contribution in [-0.2, 0) is 10.3 Å². The molecule has 1 atom stereocenters. The highest BCUT2D eigenvalue weighted by Crippen LogP contribution is 2.35. The highest BCUT2D eigenvalue weighted by molar-refractivity contribution is 8.01. The van der Waals surface area contributed by atoms with Crippen LogP contribution in [0.5, 0.6) is 0 Å². The lowest BCUT2D eigenvalue weighted by atomic mass is 9.91. The first-order valence-corrected chi connectivity index (χ1v) is 8.87. The van der Waals surface area contributed by atoms with Crippen LogP contribution >= 0.6 is 23.1 Å². The van der Waals surface area contributed by atoms with Crippen molar-refractivity contribution in [1.29, 1.82) is 0 Å². The molecule has 1 unspecified atom stereocenters. The largest absolute Gasteiger partial charge is 0.368 e. The summed E-state index contributed by atoms with van der Waals surface area (Å²) in [4.78, 5) is 12.3. The molecule has 110 valence electrons. The van der Waals surface area contributed by atoms with Gasteiger partial charge in [-0.15, -0.1) is 23.1 Å².